The molecular formula is C26H36N6O3. The summed E-state index contributed by atoms with van der Waals surface area (Å²) in [5, 5.41) is 18.1. The Labute approximate surface area is 207 Å². The van der Waals surface area contributed by atoms with Gasteiger partial charge in [0.05, 0.1) is 18.4 Å². The SMILES string of the molecule is Cc1cc(NC2NN([C@@H](CC#N)C3CC3)C3CCNC(=O)C23)ccc1C(=O)N(C)C1CCOCC1. The molecule has 9 nitrogen and oxygen atoms in total. The zero-order valence-corrected chi connectivity index (χ0v) is 20.6. The molecule has 0 spiro atoms. The quantitative estimate of drug-likeness (QED) is 0.548. The molecule has 1 saturated carbocycles. The van der Waals surface area contributed by atoms with Crippen molar-refractivity contribution in [2.45, 2.75) is 69.7 Å². The maximum atomic E-state index is 13.2. The number of amides is 2. The largest absolute Gasteiger partial charge is 0.381 e. The number of nitrogens with one attached hydrogen (secondary N) is 3. The highest BCUT2D eigenvalue weighted by Gasteiger charge is 2.51. The van der Waals surface area contributed by atoms with Gasteiger partial charge in [0.15, 0.2) is 0 Å². The number of nitrogens with zero attached hydrogens (tertiary/aromatic N) is 3. The van der Waals surface area contributed by atoms with Crippen LogP contribution in [-0.4, -0.2) is 72.8 Å². The summed E-state index contributed by atoms with van der Waals surface area (Å²) in [6, 6.07) is 8.54. The zero-order chi connectivity index (χ0) is 24.5. The van der Waals surface area contributed by atoms with Crippen molar-refractivity contribution in [3.05, 3.63) is 29.3 Å². The summed E-state index contributed by atoms with van der Waals surface area (Å²) in [5.74, 6) is 0.347. The van der Waals surface area contributed by atoms with Crippen LogP contribution in [0.25, 0.3) is 0 Å². The summed E-state index contributed by atoms with van der Waals surface area (Å²) in [6.07, 6.45) is 5.07. The van der Waals surface area contributed by atoms with E-state index in [0.29, 0.717) is 37.7 Å². The molecule has 0 aromatic heterocycles. The van der Waals surface area contributed by atoms with E-state index < -0.39 is 0 Å². The number of carbonyl (C=O) groups excluding carboxylic acids is 2. The second-order valence-corrected chi connectivity index (χ2v) is 10.4. The molecule has 0 bridgehead atoms. The number of anilines is 1. The molecule has 1 aromatic rings. The predicted octanol–water partition coefficient (Wildman–Crippen LogP) is 2.00. The normalized spacial score (nSPS) is 28.0. The molecule has 2 amide bonds. The van der Waals surface area contributed by atoms with E-state index in [1.807, 2.05) is 37.1 Å². The van der Waals surface area contributed by atoms with Crippen molar-refractivity contribution in [1.82, 2.24) is 20.7 Å². The minimum Gasteiger partial charge on any atom is -0.381 e. The number of piperidine rings is 1. The number of nitriles is 1. The van der Waals surface area contributed by atoms with E-state index in [-0.39, 0.29) is 42.0 Å². The molecule has 3 unspecified atom stereocenters. The fraction of sp³-hybridized carbons (Fsp3) is 0.654. The van der Waals surface area contributed by atoms with Crippen LogP contribution in [0.1, 0.15) is 54.4 Å². The van der Waals surface area contributed by atoms with Gasteiger partial charge >= 0.3 is 0 Å². The Morgan fingerprint density at radius 3 is 2.74 bits per heavy atom. The molecule has 188 valence electrons. The molecule has 1 aliphatic carbocycles. The number of ether oxygens (including phenoxy) is 1. The number of carbonyl (C=O) groups is 2. The highest BCUT2D eigenvalue weighted by molar-refractivity contribution is 5.96. The average Bonchev–Trinajstić information content (AvgIpc) is 3.64. The highest BCUT2D eigenvalue weighted by Crippen LogP contribution is 2.41. The maximum absolute atomic E-state index is 13.2. The van der Waals surface area contributed by atoms with Crippen LogP contribution in [-0.2, 0) is 9.53 Å². The van der Waals surface area contributed by atoms with Gasteiger partial charge in [-0.3, -0.25) is 9.59 Å². The first-order valence-electron chi connectivity index (χ1n) is 12.9. The third-order valence-electron chi connectivity index (χ3n) is 8.12. The van der Waals surface area contributed by atoms with Crippen molar-refractivity contribution in [2.24, 2.45) is 11.8 Å². The molecule has 35 heavy (non-hydrogen) atoms. The van der Waals surface area contributed by atoms with Gasteiger partial charge < -0.3 is 20.3 Å². The number of hydrogen-bond acceptors (Lipinski definition) is 7. The van der Waals surface area contributed by atoms with Crippen molar-refractivity contribution in [2.75, 3.05) is 32.1 Å². The highest BCUT2D eigenvalue weighted by atomic mass is 16.5. The van der Waals surface area contributed by atoms with Gasteiger partial charge in [-0.05, 0) is 68.7 Å². The Morgan fingerprint density at radius 1 is 1.29 bits per heavy atom. The molecule has 3 N–H and O–H groups in total. The number of fused-ring (bicyclic) bond motifs is 1. The van der Waals surface area contributed by atoms with Gasteiger partial charge in [0.2, 0.25) is 5.91 Å². The van der Waals surface area contributed by atoms with Crippen LogP contribution in [0.15, 0.2) is 18.2 Å². The first kappa shape index (κ1) is 24.0. The van der Waals surface area contributed by atoms with Crippen molar-refractivity contribution >= 4 is 17.5 Å². The minimum absolute atomic E-state index is 0.0293. The smallest absolute Gasteiger partial charge is 0.254 e. The van der Waals surface area contributed by atoms with Gasteiger partial charge in [-0.1, -0.05) is 0 Å². The van der Waals surface area contributed by atoms with Crippen LogP contribution < -0.4 is 16.1 Å². The molecule has 4 aliphatic rings. The van der Waals surface area contributed by atoms with E-state index in [2.05, 4.69) is 27.1 Å². The van der Waals surface area contributed by atoms with Crippen LogP contribution in [0.4, 0.5) is 5.69 Å². The number of rotatable bonds is 7. The van der Waals surface area contributed by atoms with Gasteiger partial charge in [0.1, 0.15) is 6.17 Å². The minimum atomic E-state index is -0.272. The molecule has 5 rings (SSSR count). The maximum Gasteiger partial charge on any atom is 0.254 e. The lowest BCUT2D eigenvalue weighted by atomic mass is 9.90. The number of hydrogen-bond donors (Lipinski definition) is 3. The molecule has 1 aromatic carbocycles. The van der Waals surface area contributed by atoms with E-state index in [9.17, 15) is 14.9 Å². The van der Waals surface area contributed by atoms with Crippen LogP contribution in [0.3, 0.4) is 0 Å². The summed E-state index contributed by atoms with van der Waals surface area (Å²) in [4.78, 5) is 27.9. The molecule has 3 heterocycles. The van der Waals surface area contributed by atoms with Gasteiger partial charge in [0, 0.05) is 56.2 Å². The summed E-state index contributed by atoms with van der Waals surface area (Å²) >= 11 is 0. The summed E-state index contributed by atoms with van der Waals surface area (Å²) in [7, 11) is 1.88. The van der Waals surface area contributed by atoms with E-state index in [1.54, 1.807) is 0 Å². The van der Waals surface area contributed by atoms with Crippen LogP contribution in [0.2, 0.25) is 0 Å². The standard InChI is InChI=1S/C26H36N6O3/c1-16-15-18(5-6-20(16)26(34)31(2)19-9-13-35-14-10-19)29-24-23-22(8-12-28-25(23)33)32(30-24)21(7-11-27)17-3-4-17/h5-6,15,17,19,21-24,29-30H,3-4,7-10,12-14H2,1-2H3,(H,28,33)/t21-,22?,23?,24?/m0/s1. The Bertz CT molecular complexity index is 999. The third kappa shape index (κ3) is 4.88. The van der Waals surface area contributed by atoms with Gasteiger partial charge in [-0.25, -0.2) is 10.4 Å². The monoisotopic (exact) mass is 480 g/mol. The first-order valence-corrected chi connectivity index (χ1v) is 12.9. The van der Waals surface area contributed by atoms with E-state index >= 15 is 0 Å². The van der Waals surface area contributed by atoms with Gasteiger partial charge in [-0.2, -0.15) is 5.26 Å². The molecule has 3 saturated heterocycles. The second-order valence-electron chi connectivity index (χ2n) is 10.4. The van der Waals surface area contributed by atoms with Gasteiger partial charge in [-0.15, -0.1) is 0 Å². The number of hydrazine groups is 1. The molecular weight excluding hydrogens is 444 g/mol. The second kappa shape index (κ2) is 10.1. The Balaban J connectivity index is 1.31. The molecule has 4 fully saturated rings. The summed E-state index contributed by atoms with van der Waals surface area (Å²) in [5.41, 5.74) is 6.03. The molecule has 0 radical (unpaired) electrons. The van der Waals surface area contributed by atoms with E-state index in [4.69, 9.17) is 4.74 Å². The molecule has 4 atom stereocenters. The van der Waals surface area contributed by atoms with E-state index in [0.717, 1.165) is 43.4 Å². The fourth-order valence-corrected chi connectivity index (χ4v) is 5.97. The van der Waals surface area contributed by atoms with Crippen molar-refractivity contribution in [1.29, 1.82) is 5.26 Å². The lowest BCUT2D eigenvalue weighted by molar-refractivity contribution is -0.128. The van der Waals surface area contributed by atoms with Crippen LogP contribution in [0.5, 0.6) is 0 Å². The van der Waals surface area contributed by atoms with Crippen LogP contribution in [0, 0.1) is 30.1 Å². The summed E-state index contributed by atoms with van der Waals surface area (Å²) < 4.78 is 5.44. The zero-order valence-electron chi connectivity index (χ0n) is 20.6. The van der Waals surface area contributed by atoms with E-state index in [1.165, 1.54) is 0 Å². The molecule has 3 aliphatic heterocycles. The van der Waals surface area contributed by atoms with Gasteiger partial charge in [0.25, 0.3) is 5.91 Å². The van der Waals surface area contributed by atoms with Crippen LogP contribution >= 0.6 is 0 Å². The Hall–Kier alpha value is -2.67. The number of benzene rings is 1. The fourth-order valence-electron chi connectivity index (χ4n) is 5.97. The topological polar surface area (TPSA) is 110 Å². The Morgan fingerprint density at radius 2 is 2.06 bits per heavy atom. The lowest BCUT2D eigenvalue weighted by Gasteiger charge is -2.34. The average molecular weight is 481 g/mol. The van der Waals surface area contributed by atoms with Crippen molar-refractivity contribution < 1.29 is 14.3 Å². The molecule has 9 heteroatoms. The van der Waals surface area contributed by atoms with Crippen molar-refractivity contribution in [3.8, 4) is 6.07 Å². The summed E-state index contributed by atoms with van der Waals surface area (Å²) in [6.45, 7) is 4.00. The predicted molar refractivity (Wildman–Crippen MR) is 131 cm³/mol. The van der Waals surface area contributed by atoms with Crippen molar-refractivity contribution in [3.63, 3.8) is 0 Å². The first-order chi connectivity index (χ1) is 17.0. The lowest BCUT2D eigenvalue weighted by Crippen LogP contribution is -2.52. The third-order valence-corrected chi connectivity index (χ3v) is 8.12. The number of aryl methyl sites for hydroxylation is 1. The Kier molecular flexibility index (Phi) is 6.96.